The number of nitrogens with zero attached hydrogens (tertiary/aromatic N) is 4. The number of carbonyl (C=O) groups is 1. The molecule has 0 bridgehead atoms. The number of hydrogen-bond acceptors (Lipinski definition) is 7. The van der Waals surface area contributed by atoms with Crippen LogP contribution >= 0.6 is 0 Å². The molecule has 8 nitrogen and oxygen atoms in total. The molecule has 0 atom stereocenters. The molecule has 3 aromatic rings. The van der Waals surface area contributed by atoms with E-state index < -0.39 is 0 Å². The van der Waals surface area contributed by atoms with Crippen molar-refractivity contribution < 1.29 is 19.4 Å². The summed E-state index contributed by atoms with van der Waals surface area (Å²) >= 11 is 0. The maximum atomic E-state index is 13.0. The first kappa shape index (κ1) is 26.6. The Hall–Kier alpha value is -3.62. The van der Waals surface area contributed by atoms with Gasteiger partial charge in [-0.2, -0.15) is 0 Å². The summed E-state index contributed by atoms with van der Waals surface area (Å²) in [6.45, 7) is 7.31. The molecule has 1 N–H and O–H groups in total. The fraction of sp³-hybridized carbons (Fsp3) is 0.438. The first-order chi connectivity index (χ1) is 19.5. The Labute approximate surface area is 236 Å². The molecule has 0 unspecified atom stereocenters. The van der Waals surface area contributed by atoms with Crippen molar-refractivity contribution in [2.45, 2.75) is 31.3 Å². The van der Waals surface area contributed by atoms with Crippen molar-refractivity contribution in [1.29, 1.82) is 0 Å². The van der Waals surface area contributed by atoms with Gasteiger partial charge in [0, 0.05) is 64.0 Å². The lowest BCUT2D eigenvalue weighted by Gasteiger charge is -2.39. The van der Waals surface area contributed by atoms with E-state index in [9.17, 15) is 9.90 Å². The Morgan fingerprint density at radius 1 is 0.925 bits per heavy atom. The van der Waals surface area contributed by atoms with Gasteiger partial charge >= 0.3 is 0 Å². The van der Waals surface area contributed by atoms with Crippen LogP contribution in [0.15, 0.2) is 60.8 Å². The van der Waals surface area contributed by atoms with E-state index in [0.717, 1.165) is 49.8 Å². The highest BCUT2D eigenvalue weighted by Crippen LogP contribution is 2.40. The summed E-state index contributed by atoms with van der Waals surface area (Å²) in [7, 11) is 2.15. The minimum Gasteiger partial charge on any atom is -0.504 e. The average molecular weight is 543 g/mol. The monoisotopic (exact) mass is 542 g/mol. The van der Waals surface area contributed by atoms with E-state index in [0.29, 0.717) is 43.5 Å². The van der Waals surface area contributed by atoms with Crippen LogP contribution in [-0.4, -0.2) is 90.2 Å². The van der Waals surface area contributed by atoms with Crippen LogP contribution in [0.25, 0.3) is 0 Å². The molecule has 8 heteroatoms. The second-order valence-electron chi connectivity index (χ2n) is 11.3. The predicted octanol–water partition coefficient (Wildman–Crippen LogP) is 4.11. The van der Waals surface area contributed by atoms with E-state index in [1.54, 1.807) is 29.3 Å². The van der Waals surface area contributed by atoms with Gasteiger partial charge in [-0.1, -0.05) is 30.3 Å². The SMILES string of the molecule is CN1CCN(CCOc2ccnc(C(=O)N3CC(c4ccc(OCc5ccc(C6CC6)cc5)c(O)c4)C3)c2)CC1. The second kappa shape index (κ2) is 11.9. The van der Waals surface area contributed by atoms with Gasteiger partial charge in [0.1, 0.15) is 24.7 Å². The van der Waals surface area contributed by atoms with Crippen molar-refractivity contribution >= 4 is 5.91 Å². The number of carbonyl (C=O) groups excluding carboxylic acids is 1. The maximum Gasteiger partial charge on any atom is 0.272 e. The van der Waals surface area contributed by atoms with Crippen LogP contribution in [0.4, 0.5) is 0 Å². The van der Waals surface area contributed by atoms with Crippen LogP contribution in [0.1, 0.15) is 51.9 Å². The summed E-state index contributed by atoms with van der Waals surface area (Å²) in [4.78, 5) is 23.8. The summed E-state index contributed by atoms with van der Waals surface area (Å²) < 4.78 is 11.8. The molecular formula is C32H38N4O4. The molecule has 0 radical (unpaired) electrons. The minimum atomic E-state index is -0.0994. The average Bonchev–Trinajstić information content (AvgIpc) is 3.79. The van der Waals surface area contributed by atoms with Crippen LogP contribution in [0.3, 0.4) is 0 Å². The highest BCUT2D eigenvalue weighted by atomic mass is 16.5. The Bertz CT molecular complexity index is 1310. The van der Waals surface area contributed by atoms with Crippen molar-refractivity contribution in [2.75, 3.05) is 59.5 Å². The van der Waals surface area contributed by atoms with Crippen LogP contribution in [0.2, 0.25) is 0 Å². The number of rotatable bonds is 10. The molecule has 40 heavy (non-hydrogen) atoms. The molecule has 210 valence electrons. The van der Waals surface area contributed by atoms with Gasteiger partial charge in [-0.15, -0.1) is 0 Å². The Morgan fingerprint density at radius 3 is 2.40 bits per heavy atom. The molecule has 6 rings (SSSR count). The lowest BCUT2D eigenvalue weighted by atomic mass is 9.91. The van der Waals surface area contributed by atoms with E-state index in [-0.39, 0.29) is 17.6 Å². The second-order valence-corrected chi connectivity index (χ2v) is 11.3. The van der Waals surface area contributed by atoms with Crippen molar-refractivity contribution in [3.05, 3.63) is 83.2 Å². The molecule has 1 aliphatic carbocycles. The molecule has 1 aromatic heterocycles. The van der Waals surface area contributed by atoms with Crippen molar-refractivity contribution in [1.82, 2.24) is 19.7 Å². The summed E-state index contributed by atoms with van der Waals surface area (Å²) in [6, 6.07) is 17.6. The maximum absolute atomic E-state index is 13.0. The van der Waals surface area contributed by atoms with Crippen LogP contribution < -0.4 is 9.47 Å². The Balaban J connectivity index is 0.967. The molecule has 3 fully saturated rings. The lowest BCUT2D eigenvalue weighted by molar-refractivity contribution is 0.0595. The Morgan fingerprint density at radius 2 is 1.68 bits per heavy atom. The third-order valence-electron chi connectivity index (χ3n) is 8.27. The quantitative estimate of drug-likeness (QED) is 0.413. The zero-order chi connectivity index (χ0) is 27.5. The number of aromatic hydroxyl groups is 1. The molecule has 1 saturated carbocycles. The number of likely N-dealkylation sites (tertiary alicyclic amines) is 1. The van der Waals surface area contributed by atoms with Gasteiger partial charge in [-0.25, -0.2) is 0 Å². The number of ether oxygens (including phenoxy) is 2. The number of benzene rings is 2. The zero-order valence-corrected chi connectivity index (χ0v) is 23.2. The minimum absolute atomic E-state index is 0.0994. The van der Waals surface area contributed by atoms with Crippen molar-refractivity contribution in [2.24, 2.45) is 0 Å². The molecule has 3 aliphatic rings. The zero-order valence-electron chi connectivity index (χ0n) is 23.2. The summed E-state index contributed by atoms with van der Waals surface area (Å²) in [5, 5.41) is 10.6. The van der Waals surface area contributed by atoms with Gasteiger partial charge in [0.05, 0.1) is 0 Å². The molecule has 1 amide bonds. The number of phenolic OH excluding ortho intramolecular Hbond substituents is 1. The standard InChI is InChI=1S/C32H38N4O4/c1-34-12-14-35(15-13-34)16-17-39-28-10-11-33-29(19-28)32(38)36-20-27(21-36)26-8-9-31(30(37)18-26)40-22-23-2-4-24(5-3-23)25-6-7-25/h2-5,8-11,18-19,25,27,37H,6-7,12-17,20-22H2,1H3. The summed E-state index contributed by atoms with van der Waals surface area (Å²) in [5.41, 5.74) is 3.88. The third-order valence-corrected chi connectivity index (χ3v) is 8.27. The topological polar surface area (TPSA) is 78.4 Å². The van der Waals surface area contributed by atoms with Gasteiger partial charge in [-0.05, 0) is 60.7 Å². The highest BCUT2D eigenvalue weighted by molar-refractivity contribution is 5.93. The van der Waals surface area contributed by atoms with Gasteiger partial charge in [0.15, 0.2) is 11.5 Å². The lowest BCUT2D eigenvalue weighted by Crippen LogP contribution is -2.48. The third kappa shape index (κ3) is 6.40. The van der Waals surface area contributed by atoms with Crippen LogP contribution in [-0.2, 0) is 6.61 Å². The summed E-state index contributed by atoms with van der Waals surface area (Å²) in [6.07, 6.45) is 4.22. The number of pyridine rings is 1. The fourth-order valence-electron chi connectivity index (χ4n) is 5.37. The number of phenols is 1. The smallest absolute Gasteiger partial charge is 0.272 e. The van der Waals surface area contributed by atoms with Crippen molar-refractivity contribution in [3.63, 3.8) is 0 Å². The van der Waals surface area contributed by atoms with Gasteiger partial charge < -0.3 is 24.4 Å². The molecule has 2 saturated heterocycles. The van der Waals surface area contributed by atoms with E-state index in [1.165, 1.54) is 18.4 Å². The van der Waals surface area contributed by atoms with Crippen LogP contribution in [0.5, 0.6) is 17.2 Å². The first-order valence-electron chi connectivity index (χ1n) is 14.4. The summed E-state index contributed by atoms with van der Waals surface area (Å²) in [5.74, 6) is 2.07. The molecular weight excluding hydrogens is 504 g/mol. The normalized spacial score (nSPS) is 18.4. The van der Waals surface area contributed by atoms with Gasteiger partial charge in [0.2, 0.25) is 0 Å². The number of piperazine rings is 1. The Kier molecular flexibility index (Phi) is 7.89. The van der Waals surface area contributed by atoms with Gasteiger partial charge in [-0.3, -0.25) is 14.7 Å². The van der Waals surface area contributed by atoms with Crippen molar-refractivity contribution in [3.8, 4) is 17.2 Å². The van der Waals surface area contributed by atoms with E-state index in [4.69, 9.17) is 9.47 Å². The fourth-order valence-corrected chi connectivity index (χ4v) is 5.37. The highest BCUT2D eigenvalue weighted by Gasteiger charge is 2.33. The van der Waals surface area contributed by atoms with E-state index in [1.807, 2.05) is 12.1 Å². The number of amides is 1. The molecule has 3 heterocycles. The molecule has 0 spiro atoms. The van der Waals surface area contributed by atoms with E-state index in [2.05, 4.69) is 46.1 Å². The number of aromatic nitrogens is 1. The predicted molar refractivity (Wildman–Crippen MR) is 153 cm³/mol. The van der Waals surface area contributed by atoms with Crippen LogP contribution in [0, 0.1) is 0 Å². The largest absolute Gasteiger partial charge is 0.504 e. The first-order valence-corrected chi connectivity index (χ1v) is 14.4. The molecule has 2 aromatic carbocycles. The van der Waals surface area contributed by atoms with E-state index >= 15 is 0 Å². The van der Waals surface area contributed by atoms with Gasteiger partial charge in [0.25, 0.3) is 5.91 Å². The number of hydrogen-bond donors (Lipinski definition) is 1. The number of likely N-dealkylation sites (N-methyl/N-ethyl adjacent to an activating group) is 1. The molecule has 2 aliphatic heterocycles.